The van der Waals surface area contributed by atoms with E-state index in [0.29, 0.717) is 43.1 Å². The Balaban J connectivity index is 1.06. The summed E-state index contributed by atoms with van der Waals surface area (Å²) in [5.41, 5.74) is 5.16. The minimum atomic E-state index is -0.249. The van der Waals surface area contributed by atoms with Gasteiger partial charge in [0.25, 0.3) is 5.89 Å². The van der Waals surface area contributed by atoms with Gasteiger partial charge in [0.1, 0.15) is 5.75 Å². The Morgan fingerprint density at radius 3 is 2.40 bits per heavy atom. The van der Waals surface area contributed by atoms with E-state index in [0.717, 1.165) is 34.4 Å². The van der Waals surface area contributed by atoms with Gasteiger partial charge in [-0.3, -0.25) is 4.79 Å². The summed E-state index contributed by atoms with van der Waals surface area (Å²) in [7, 11) is 0. The van der Waals surface area contributed by atoms with Crippen molar-refractivity contribution >= 4 is 11.9 Å². The third kappa shape index (κ3) is 6.72. The molecule has 0 unspecified atom stereocenters. The molecule has 0 N–H and O–H groups in total. The Kier molecular flexibility index (Phi) is 8.40. The number of rotatable bonds is 10. The average Bonchev–Trinajstić information content (AvgIpc) is 3.69. The van der Waals surface area contributed by atoms with E-state index in [1.54, 1.807) is 6.20 Å². The highest BCUT2D eigenvalue weighted by Gasteiger charge is 2.39. The standard InChI is InChI=1S/C34H33N5O4/c1-3-41-33(40)30-21-39(34-35-18-17-23(2)36-34)20-28(30)19-24-9-15-29(16-10-24)42-22-31-37-32(38-43-31)27-13-11-26(12-14-27)25-7-5-4-6-8-25/h4-18,28,30H,3,19-22H2,1-2H3/t28-,30+/m1/s1. The lowest BCUT2D eigenvalue weighted by Crippen LogP contribution is -2.27. The number of ether oxygens (including phenoxy) is 2. The number of hydrogen-bond acceptors (Lipinski definition) is 9. The van der Waals surface area contributed by atoms with E-state index in [-0.39, 0.29) is 24.4 Å². The number of esters is 1. The smallest absolute Gasteiger partial charge is 0.311 e. The molecule has 0 saturated carbocycles. The Morgan fingerprint density at radius 1 is 0.907 bits per heavy atom. The molecule has 0 amide bonds. The molecule has 6 rings (SSSR count). The molecule has 0 bridgehead atoms. The predicted octanol–water partition coefficient (Wildman–Crippen LogP) is 5.94. The number of carbonyl (C=O) groups is 1. The highest BCUT2D eigenvalue weighted by atomic mass is 16.5. The third-order valence-corrected chi connectivity index (χ3v) is 7.60. The fourth-order valence-electron chi connectivity index (χ4n) is 5.39. The molecule has 43 heavy (non-hydrogen) atoms. The Labute approximate surface area is 250 Å². The first-order valence-corrected chi connectivity index (χ1v) is 14.5. The highest BCUT2D eigenvalue weighted by molar-refractivity contribution is 5.74. The van der Waals surface area contributed by atoms with Crippen molar-refractivity contribution in [2.45, 2.75) is 26.9 Å². The quantitative estimate of drug-likeness (QED) is 0.187. The molecule has 0 aliphatic carbocycles. The number of anilines is 1. The van der Waals surface area contributed by atoms with Crippen molar-refractivity contribution in [2.75, 3.05) is 24.6 Å². The van der Waals surface area contributed by atoms with E-state index >= 15 is 0 Å². The molecule has 0 spiro atoms. The minimum absolute atomic E-state index is 0.0773. The van der Waals surface area contributed by atoms with E-state index in [1.165, 1.54) is 0 Å². The van der Waals surface area contributed by atoms with Gasteiger partial charge in [-0.05, 0) is 61.1 Å². The zero-order valence-electron chi connectivity index (χ0n) is 24.2. The van der Waals surface area contributed by atoms with Gasteiger partial charge in [0.15, 0.2) is 6.61 Å². The van der Waals surface area contributed by atoms with Crippen LogP contribution in [0.1, 0.15) is 24.1 Å². The molecule has 1 saturated heterocycles. The van der Waals surface area contributed by atoms with Crippen LogP contribution in [0.4, 0.5) is 5.95 Å². The molecule has 1 aliphatic rings. The van der Waals surface area contributed by atoms with E-state index in [2.05, 4.69) is 37.1 Å². The minimum Gasteiger partial charge on any atom is -0.484 e. The molecule has 3 heterocycles. The van der Waals surface area contributed by atoms with Gasteiger partial charge in [-0.1, -0.05) is 71.9 Å². The highest BCUT2D eigenvalue weighted by Crippen LogP contribution is 2.31. The molecule has 218 valence electrons. The summed E-state index contributed by atoms with van der Waals surface area (Å²) < 4.78 is 16.8. The van der Waals surface area contributed by atoms with Crippen molar-refractivity contribution in [3.63, 3.8) is 0 Å². The monoisotopic (exact) mass is 575 g/mol. The van der Waals surface area contributed by atoms with Gasteiger partial charge in [-0.25, -0.2) is 9.97 Å². The van der Waals surface area contributed by atoms with Gasteiger partial charge >= 0.3 is 5.97 Å². The molecule has 1 aliphatic heterocycles. The number of aromatic nitrogens is 4. The normalized spacial score (nSPS) is 16.3. The summed E-state index contributed by atoms with van der Waals surface area (Å²) in [6.45, 7) is 5.51. The van der Waals surface area contributed by atoms with E-state index in [4.69, 9.17) is 14.0 Å². The van der Waals surface area contributed by atoms with Crippen LogP contribution < -0.4 is 9.64 Å². The van der Waals surface area contributed by atoms with Crippen LogP contribution >= 0.6 is 0 Å². The topological polar surface area (TPSA) is 103 Å². The van der Waals surface area contributed by atoms with Crippen molar-refractivity contribution in [1.29, 1.82) is 0 Å². The van der Waals surface area contributed by atoms with Crippen LogP contribution in [0.2, 0.25) is 0 Å². The first-order valence-electron chi connectivity index (χ1n) is 14.5. The summed E-state index contributed by atoms with van der Waals surface area (Å²) in [6, 6.07) is 28.0. The molecule has 9 nitrogen and oxygen atoms in total. The molecule has 1 fully saturated rings. The van der Waals surface area contributed by atoms with Crippen LogP contribution in [-0.4, -0.2) is 45.8 Å². The van der Waals surface area contributed by atoms with Crippen molar-refractivity contribution in [1.82, 2.24) is 20.1 Å². The second-order valence-electron chi connectivity index (χ2n) is 10.6. The first-order chi connectivity index (χ1) is 21.1. The second-order valence-corrected chi connectivity index (χ2v) is 10.6. The van der Waals surface area contributed by atoms with Crippen molar-refractivity contribution in [2.24, 2.45) is 11.8 Å². The fourth-order valence-corrected chi connectivity index (χ4v) is 5.39. The maximum absolute atomic E-state index is 12.8. The molecule has 3 aromatic carbocycles. The van der Waals surface area contributed by atoms with Gasteiger partial charge in [-0.2, -0.15) is 4.98 Å². The summed E-state index contributed by atoms with van der Waals surface area (Å²) >= 11 is 0. The van der Waals surface area contributed by atoms with Crippen LogP contribution in [0.25, 0.3) is 22.5 Å². The van der Waals surface area contributed by atoms with Crippen molar-refractivity contribution < 1.29 is 18.8 Å². The van der Waals surface area contributed by atoms with Crippen LogP contribution in [0.5, 0.6) is 5.75 Å². The summed E-state index contributed by atoms with van der Waals surface area (Å²) in [5.74, 6) is 1.91. The SMILES string of the molecule is CCOC(=O)[C@H]1CN(c2nccc(C)n2)C[C@H]1Cc1ccc(OCc2nc(-c3ccc(-c4ccccc4)cc3)no2)cc1. The van der Waals surface area contributed by atoms with E-state index in [9.17, 15) is 4.79 Å². The molecule has 0 radical (unpaired) electrons. The maximum atomic E-state index is 12.8. The molecule has 9 heteroatoms. The molecule has 5 aromatic rings. The number of hydrogen-bond donors (Lipinski definition) is 0. The van der Waals surface area contributed by atoms with E-state index in [1.807, 2.05) is 86.6 Å². The number of carbonyl (C=O) groups excluding carboxylic acids is 1. The molecule has 2 atom stereocenters. The molecular weight excluding hydrogens is 542 g/mol. The van der Waals surface area contributed by atoms with Crippen molar-refractivity contribution in [3.8, 4) is 28.3 Å². The van der Waals surface area contributed by atoms with Crippen LogP contribution in [0.3, 0.4) is 0 Å². The van der Waals surface area contributed by atoms with Gasteiger partial charge in [0.05, 0.1) is 12.5 Å². The zero-order valence-corrected chi connectivity index (χ0v) is 24.2. The third-order valence-electron chi connectivity index (χ3n) is 7.60. The summed E-state index contributed by atoms with van der Waals surface area (Å²) in [4.78, 5) is 28.4. The molecular formula is C34H33N5O4. The van der Waals surface area contributed by atoms with Crippen LogP contribution in [-0.2, 0) is 22.6 Å². The Bertz CT molecular complexity index is 1650. The largest absolute Gasteiger partial charge is 0.484 e. The van der Waals surface area contributed by atoms with Crippen LogP contribution in [0.15, 0.2) is 95.6 Å². The summed E-state index contributed by atoms with van der Waals surface area (Å²) in [5, 5.41) is 4.12. The maximum Gasteiger partial charge on any atom is 0.311 e. The van der Waals surface area contributed by atoms with Gasteiger partial charge in [-0.15, -0.1) is 0 Å². The number of nitrogens with zero attached hydrogens (tertiary/aromatic N) is 5. The average molecular weight is 576 g/mol. The van der Waals surface area contributed by atoms with Gasteiger partial charge in [0.2, 0.25) is 11.8 Å². The number of benzene rings is 3. The first kappa shape index (κ1) is 28.1. The second kappa shape index (κ2) is 12.9. The Morgan fingerprint density at radius 2 is 1.65 bits per heavy atom. The van der Waals surface area contributed by atoms with Crippen LogP contribution in [0, 0.1) is 18.8 Å². The molecule has 2 aromatic heterocycles. The lowest BCUT2D eigenvalue weighted by atomic mass is 9.90. The lowest BCUT2D eigenvalue weighted by Gasteiger charge is -2.17. The van der Waals surface area contributed by atoms with Gasteiger partial charge in [0, 0.05) is 30.5 Å². The number of aryl methyl sites for hydroxylation is 1. The fraction of sp³-hybridized carbons (Fsp3) is 0.265. The Hall–Kier alpha value is -5.05. The predicted molar refractivity (Wildman–Crippen MR) is 162 cm³/mol. The van der Waals surface area contributed by atoms with Crippen molar-refractivity contribution in [3.05, 3.63) is 108 Å². The zero-order chi connectivity index (χ0) is 29.6. The summed E-state index contributed by atoms with van der Waals surface area (Å²) in [6.07, 6.45) is 2.48. The van der Waals surface area contributed by atoms with Gasteiger partial charge < -0.3 is 18.9 Å². The van der Waals surface area contributed by atoms with E-state index < -0.39 is 0 Å². The lowest BCUT2D eigenvalue weighted by molar-refractivity contribution is -0.148.